The number of carbonyl (C=O) groups excluding carboxylic acids is 1. The van der Waals surface area contributed by atoms with Gasteiger partial charge in [0.15, 0.2) is 18.1 Å². The fourth-order valence-electron chi connectivity index (χ4n) is 3.84. The second-order valence-corrected chi connectivity index (χ2v) is 6.90. The zero-order valence-electron chi connectivity index (χ0n) is 15.6. The molecule has 5 nitrogen and oxygen atoms in total. The molecule has 0 saturated carbocycles. The number of benzene rings is 2. The van der Waals surface area contributed by atoms with Crippen LogP contribution >= 0.6 is 0 Å². The van der Waals surface area contributed by atoms with E-state index in [1.165, 1.54) is 0 Å². The van der Waals surface area contributed by atoms with Crippen molar-refractivity contribution in [1.82, 2.24) is 4.90 Å². The summed E-state index contributed by atoms with van der Waals surface area (Å²) in [5.41, 5.74) is 2.22. The van der Waals surface area contributed by atoms with Crippen molar-refractivity contribution in [3.05, 3.63) is 53.6 Å². The minimum absolute atomic E-state index is 0.0262. The molecular weight excluding hydrogens is 342 g/mol. The van der Waals surface area contributed by atoms with Crippen LogP contribution in [0, 0.1) is 0 Å². The van der Waals surface area contributed by atoms with E-state index in [4.69, 9.17) is 14.2 Å². The Morgan fingerprint density at radius 1 is 1.15 bits per heavy atom. The SMILES string of the molecule is CCc1ccccc1OCC(=O)N1CCC[C@@H]1c1ccc2c(c1)OCCO2. The number of ether oxygens (including phenoxy) is 3. The molecule has 1 atom stereocenters. The third-order valence-corrected chi connectivity index (χ3v) is 5.23. The molecule has 2 aliphatic heterocycles. The van der Waals surface area contributed by atoms with Crippen molar-refractivity contribution in [3.8, 4) is 17.2 Å². The van der Waals surface area contributed by atoms with Gasteiger partial charge in [-0.1, -0.05) is 31.2 Å². The van der Waals surface area contributed by atoms with E-state index in [2.05, 4.69) is 6.92 Å². The Bertz CT molecular complexity index is 820. The first-order chi connectivity index (χ1) is 13.3. The molecule has 0 aliphatic carbocycles. The first-order valence-corrected chi connectivity index (χ1v) is 9.66. The number of hydrogen-bond acceptors (Lipinski definition) is 4. The van der Waals surface area contributed by atoms with Crippen LogP contribution in [0.4, 0.5) is 0 Å². The van der Waals surface area contributed by atoms with Crippen molar-refractivity contribution >= 4 is 5.91 Å². The summed E-state index contributed by atoms with van der Waals surface area (Å²) in [7, 11) is 0. The summed E-state index contributed by atoms with van der Waals surface area (Å²) in [4.78, 5) is 14.8. The van der Waals surface area contributed by atoms with Crippen LogP contribution in [0.3, 0.4) is 0 Å². The van der Waals surface area contributed by atoms with Gasteiger partial charge >= 0.3 is 0 Å². The monoisotopic (exact) mass is 367 g/mol. The molecule has 0 bridgehead atoms. The number of rotatable bonds is 5. The second kappa shape index (κ2) is 7.91. The third kappa shape index (κ3) is 3.72. The summed E-state index contributed by atoms with van der Waals surface area (Å²) in [6.07, 6.45) is 2.83. The number of likely N-dealkylation sites (tertiary alicyclic amines) is 1. The highest BCUT2D eigenvalue weighted by atomic mass is 16.6. The molecule has 4 rings (SSSR count). The number of para-hydroxylation sites is 1. The summed E-state index contributed by atoms with van der Waals surface area (Å²) in [5.74, 6) is 2.37. The van der Waals surface area contributed by atoms with Crippen molar-refractivity contribution in [2.45, 2.75) is 32.2 Å². The largest absolute Gasteiger partial charge is 0.486 e. The van der Waals surface area contributed by atoms with E-state index in [9.17, 15) is 4.79 Å². The number of amides is 1. The lowest BCUT2D eigenvalue weighted by Gasteiger charge is -2.27. The quantitative estimate of drug-likeness (QED) is 0.807. The predicted molar refractivity (Wildman–Crippen MR) is 102 cm³/mol. The first-order valence-electron chi connectivity index (χ1n) is 9.66. The van der Waals surface area contributed by atoms with E-state index >= 15 is 0 Å². The van der Waals surface area contributed by atoms with E-state index < -0.39 is 0 Å². The third-order valence-electron chi connectivity index (χ3n) is 5.23. The van der Waals surface area contributed by atoms with Crippen molar-refractivity contribution in [2.75, 3.05) is 26.4 Å². The van der Waals surface area contributed by atoms with Gasteiger partial charge in [-0.15, -0.1) is 0 Å². The minimum Gasteiger partial charge on any atom is -0.486 e. The summed E-state index contributed by atoms with van der Waals surface area (Å²) in [5, 5.41) is 0. The minimum atomic E-state index is 0.0262. The Kier molecular flexibility index (Phi) is 5.19. The highest BCUT2D eigenvalue weighted by Gasteiger charge is 2.31. The van der Waals surface area contributed by atoms with Crippen LogP contribution in [0.25, 0.3) is 0 Å². The van der Waals surface area contributed by atoms with Crippen LogP contribution in [0.15, 0.2) is 42.5 Å². The van der Waals surface area contributed by atoms with Crippen molar-refractivity contribution in [2.24, 2.45) is 0 Å². The van der Waals surface area contributed by atoms with Gasteiger partial charge in [0, 0.05) is 6.54 Å². The Hall–Kier alpha value is -2.69. The zero-order chi connectivity index (χ0) is 18.6. The van der Waals surface area contributed by atoms with E-state index in [1.807, 2.05) is 47.4 Å². The van der Waals surface area contributed by atoms with Gasteiger partial charge in [-0.25, -0.2) is 0 Å². The molecule has 0 radical (unpaired) electrons. The average molecular weight is 367 g/mol. The Labute approximate surface area is 159 Å². The van der Waals surface area contributed by atoms with Gasteiger partial charge in [-0.3, -0.25) is 4.79 Å². The molecule has 2 aromatic carbocycles. The van der Waals surface area contributed by atoms with Crippen molar-refractivity contribution in [3.63, 3.8) is 0 Å². The van der Waals surface area contributed by atoms with Gasteiger partial charge < -0.3 is 19.1 Å². The molecule has 1 fully saturated rings. The smallest absolute Gasteiger partial charge is 0.261 e. The molecule has 2 aliphatic rings. The van der Waals surface area contributed by atoms with Crippen LogP contribution in [0.5, 0.6) is 17.2 Å². The lowest BCUT2D eigenvalue weighted by Crippen LogP contribution is -2.34. The maximum absolute atomic E-state index is 12.8. The molecule has 5 heteroatoms. The molecule has 2 aromatic rings. The van der Waals surface area contributed by atoms with Gasteiger partial charge in [0.05, 0.1) is 6.04 Å². The van der Waals surface area contributed by atoms with Gasteiger partial charge in [0.25, 0.3) is 5.91 Å². The van der Waals surface area contributed by atoms with Crippen LogP contribution < -0.4 is 14.2 Å². The molecule has 0 N–H and O–H groups in total. The maximum Gasteiger partial charge on any atom is 0.261 e. The first kappa shape index (κ1) is 17.7. The number of hydrogen-bond donors (Lipinski definition) is 0. The lowest BCUT2D eigenvalue weighted by atomic mass is 10.0. The fraction of sp³-hybridized carbons (Fsp3) is 0.409. The number of aryl methyl sites for hydroxylation is 1. The molecule has 27 heavy (non-hydrogen) atoms. The average Bonchev–Trinajstić information content (AvgIpc) is 3.22. The number of carbonyl (C=O) groups is 1. The molecule has 1 saturated heterocycles. The topological polar surface area (TPSA) is 48.0 Å². The van der Waals surface area contributed by atoms with E-state index in [1.54, 1.807) is 0 Å². The molecular formula is C22H25NO4. The highest BCUT2D eigenvalue weighted by Crippen LogP contribution is 2.38. The summed E-state index contributed by atoms with van der Waals surface area (Å²) in [6, 6.07) is 14.0. The van der Waals surface area contributed by atoms with Gasteiger partial charge in [0.2, 0.25) is 0 Å². The van der Waals surface area contributed by atoms with Crippen molar-refractivity contribution in [1.29, 1.82) is 0 Å². The molecule has 142 valence electrons. The Morgan fingerprint density at radius 3 is 2.81 bits per heavy atom. The van der Waals surface area contributed by atoms with Gasteiger partial charge in [-0.2, -0.15) is 0 Å². The summed E-state index contributed by atoms with van der Waals surface area (Å²) in [6.45, 7) is 4.06. The van der Waals surface area contributed by atoms with E-state index in [0.29, 0.717) is 13.2 Å². The van der Waals surface area contributed by atoms with Crippen LogP contribution in [-0.2, 0) is 11.2 Å². The van der Waals surface area contributed by atoms with Gasteiger partial charge in [-0.05, 0) is 48.6 Å². The Morgan fingerprint density at radius 2 is 1.96 bits per heavy atom. The normalized spacial score (nSPS) is 18.4. The second-order valence-electron chi connectivity index (χ2n) is 6.90. The lowest BCUT2D eigenvalue weighted by molar-refractivity contribution is -0.134. The van der Waals surface area contributed by atoms with E-state index in [-0.39, 0.29) is 18.6 Å². The predicted octanol–water partition coefficient (Wildman–Crippen LogP) is 3.76. The van der Waals surface area contributed by atoms with Crippen LogP contribution in [0.2, 0.25) is 0 Å². The van der Waals surface area contributed by atoms with E-state index in [0.717, 1.165) is 54.2 Å². The standard InChI is InChI=1S/C22H25NO4/c1-2-16-6-3-4-8-19(16)27-15-22(24)23-11-5-7-18(23)17-9-10-20-21(14-17)26-13-12-25-20/h3-4,6,8-10,14,18H,2,5,7,11-13,15H2,1H3/t18-/m1/s1. The van der Waals surface area contributed by atoms with Crippen molar-refractivity contribution < 1.29 is 19.0 Å². The summed E-state index contributed by atoms with van der Waals surface area (Å²) < 4.78 is 17.1. The molecule has 1 amide bonds. The molecule has 2 heterocycles. The molecule has 0 unspecified atom stereocenters. The molecule has 0 spiro atoms. The maximum atomic E-state index is 12.8. The highest BCUT2D eigenvalue weighted by molar-refractivity contribution is 5.78. The zero-order valence-corrected chi connectivity index (χ0v) is 15.6. The Balaban J connectivity index is 1.45. The fourth-order valence-corrected chi connectivity index (χ4v) is 3.84. The molecule has 0 aromatic heterocycles. The number of fused-ring (bicyclic) bond motifs is 1. The van der Waals surface area contributed by atoms with Crippen LogP contribution in [0.1, 0.15) is 36.9 Å². The van der Waals surface area contributed by atoms with Gasteiger partial charge in [0.1, 0.15) is 19.0 Å². The summed E-state index contributed by atoms with van der Waals surface area (Å²) >= 11 is 0. The van der Waals surface area contributed by atoms with Crippen LogP contribution in [-0.4, -0.2) is 37.2 Å². The number of nitrogens with zero attached hydrogens (tertiary/aromatic N) is 1.